The van der Waals surface area contributed by atoms with E-state index in [-0.39, 0.29) is 22.0 Å². The Morgan fingerprint density at radius 1 is 1.18 bits per heavy atom. The molecule has 1 aliphatic rings. The Labute approximate surface area is 229 Å². The highest BCUT2D eigenvalue weighted by molar-refractivity contribution is 6.29. The summed E-state index contributed by atoms with van der Waals surface area (Å²) < 4.78 is 14.7. The lowest BCUT2D eigenvalue weighted by Crippen LogP contribution is -2.17. The number of carbonyl (C=O) groups is 1. The van der Waals surface area contributed by atoms with Gasteiger partial charge in [0.05, 0.1) is 16.9 Å². The van der Waals surface area contributed by atoms with E-state index in [1.807, 2.05) is 48.9 Å². The Morgan fingerprint density at radius 2 is 1.97 bits per heavy atom. The molecule has 1 saturated carbocycles. The molecule has 1 aliphatic carbocycles. The van der Waals surface area contributed by atoms with Crippen molar-refractivity contribution in [1.82, 2.24) is 14.8 Å². The second-order valence-corrected chi connectivity index (χ2v) is 10.6. The van der Waals surface area contributed by atoms with Gasteiger partial charge in [-0.1, -0.05) is 11.6 Å². The topological polar surface area (TPSA) is 113 Å². The SMILES string of the molecule is Cc1cc(C(C)Oc2ccc(Cl)nc2C(N)=O)c2oc(-c3ccc4nn(C5CCC5)cc4c3)c(C)c(=O)c2c1. The van der Waals surface area contributed by atoms with Crippen LogP contribution in [-0.4, -0.2) is 20.7 Å². The number of ether oxygens (including phenoxy) is 1. The Kier molecular flexibility index (Phi) is 6.14. The molecule has 8 nitrogen and oxygen atoms in total. The summed E-state index contributed by atoms with van der Waals surface area (Å²) in [4.78, 5) is 29.5. The van der Waals surface area contributed by atoms with Crippen molar-refractivity contribution in [2.45, 2.75) is 52.2 Å². The van der Waals surface area contributed by atoms with Crippen LogP contribution in [0.4, 0.5) is 0 Å². The van der Waals surface area contributed by atoms with Gasteiger partial charge in [-0.05, 0) is 88.1 Å². The van der Waals surface area contributed by atoms with Gasteiger partial charge in [0.2, 0.25) is 0 Å². The Balaban J connectivity index is 1.46. The summed E-state index contributed by atoms with van der Waals surface area (Å²) in [7, 11) is 0. The molecule has 0 saturated heterocycles. The standard InChI is InChI=1S/C30H27ClN4O4/c1-15-11-21(17(3)38-24-9-10-25(31)33-26(24)30(32)37)29-22(12-15)27(36)16(2)28(39-29)18-7-8-23-19(13-18)14-35(34-23)20-5-4-6-20/h7-14,17,20H,4-6H2,1-3H3,(H2,32,37). The zero-order valence-corrected chi connectivity index (χ0v) is 22.6. The van der Waals surface area contributed by atoms with Crippen LogP contribution in [0.25, 0.3) is 33.2 Å². The van der Waals surface area contributed by atoms with Gasteiger partial charge >= 0.3 is 0 Å². The van der Waals surface area contributed by atoms with Gasteiger partial charge in [-0.2, -0.15) is 5.10 Å². The van der Waals surface area contributed by atoms with Crippen molar-refractivity contribution < 1.29 is 13.9 Å². The second kappa shape index (κ2) is 9.54. The van der Waals surface area contributed by atoms with E-state index in [2.05, 4.69) is 11.2 Å². The molecule has 39 heavy (non-hydrogen) atoms. The summed E-state index contributed by atoms with van der Waals surface area (Å²) in [6, 6.07) is 13.2. The molecule has 1 amide bonds. The number of benzene rings is 2. The molecular weight excluding hydrogens is 516 g/mol. The van der Waals surface area contributed by atoms with Gasteiger partial charge < -0.3 is 14.9 Å². The average molecular weight is 543 g/mol. The molecule has 0 bridgehead atoms. The number of nitrogens with two attached hydrogens (primary N) is 1. The van der Waals surface area contributed by atoms with Crippen molar-refractivity contribution in [3.63, 3.8) is 0 Å². The summed E-state index contributed by atoms with van der Waals surface area (Å²) in [6.07, 6.45) is 4.99. The van der Waals surface area contributed by atoms with E-state index >= 15 is 0 Å². The lowest BCUT2D eigenvalue weighted by molar-refractivity contribution is 0.0988. The second-order valence-electron chi connectivity index (χ2n) is 10.2. The molecule has 1 atom stereocenters. The third kappa shape index (κ3) is 4.44. The number of nitrogens with zero attached hydrogens (tertiary/aromatic N) is 3. The van der Waals surface area contributed by atoms with Crippen molar-refractivity contribution in [2.75, 3.05) is 0 Å². The minimum atomic E-state index is -0.755. The van der Waals surface area contributed by atoms with E-state index in [0.717, 1.165) is 34.9 Å². The fourth-order valence-corrected chi connectivity index (χ4v) is 5.26. The molecule has 0 spiro atoms. The van der Waals surface area contributed by atoms with Crippen LogP contribution in [0.5, 0.6) is 5.75 Å². The van der Waals surface area contributed by atoms with E-state index in [1.54, 1.807) is 13.0 Å². The number of rotatable bonds is 6. The molecule has 2 N–H and O–H groups in total. The zero-order valence-electron chi connectivity index (χ0n) is 21.8. The zero-order chi connectivity index (χ0) is 27.4. The van der Waals surface area contributed by atoms with Crippen LogP contribution in [-0.2, 0) is 0 Å². The molecule has 0 aliphatic heterocycles. The van der Waals surface area contributed by atoms with E-state index in [4.69, 9.17) is 31.6 Å². The lowest BCUT2D eigenvalue weighted by atomic mass is 9.93. The fraction of sp³-hybridized carbons (Fsp3) is 0.267. The van der Waals surface area contributed by atoms with Gasteiger partial charge in [0, 0.05) is 28.3 Å². The van der Waals surface area contributed by atoms with Gasteiger partial charge in [-0.3, -0.25) is 14.3 Å². The first-order valence-electron chi connectivity index (χ1n) is 12.9. The quantitative estimate of drug-likeness (QED) is 0.247. The molecule has 5 aromatic rings. The number of amides is 1. The summed E-state index contributed by atoms with van der Waals surface area (Å²) >= 11 is 5.96. The van der Waals surface area contributed by atoms with Crippen LogP contribution in [0.1, 0.15) is 65.5 Å². The fourth-order valence-electron chi connectivity index (χ4n) is 5.12. The van der Waals surface area contributed by atoms with Crippen molar-refractivity contribution >= 4 is 39.4 Å². The van der Waals surface area contributed by atoms with Crippen molar-refractivity contribution in [3.05, 3.63) is 86.4 Å². The Hall–Kier alpha value is -4.17. The molecule has 3 aromatic heterocycles. The molecule has 6 rings (SSSR count). The van der Waals surface area contributed by atoms with Gasteiger partial charge in [0.25, 0.3) is 5.91 Å². The summed E-state index contributed by atoms with van der Waals surface area (Å²) in [5, 5.41) is 6.32. The van der Waals surface area contributed by atoms with E-state index in [0.29, 0.717) is 33.9 Å². The number of aromatic nitrogens is 3. The van der Waals surface area contributed by atoms with Crippen LogP contribution in [0, 0.1) is 13.8 Å². The number of carbonyl (C=O) groups excluding carboxylic acids is 1. The maximum Gasteiger partial charge on any atom is 0.271 e. The summed E-state index contributed by atoms with van der Waals surface area (Å²) in [5.41, 5.74) is 9.50. The number of pyridine rings is 1. The highest BCUT2D eigenvalue weighted by Gasteiger charge is 2.23. The smallest absolute Gasteiger partial charge is 0.271 e. The molecule has 1 fully saturated rings. The number of fused-ring (bicyclic) bond motifs is 2. The van der Waals surface area contributed by atoms with Crippen molar-refractivity contribution in [2.24, 2.45) is 5.73 Å². The third-order valence-electron chi connectivity index (χ3n) is 7.42. The molecule has 3 heterocycles. The van der Waals surface area contributed by atoms with Crippen LogP contribution in [0.3, 0.4) is 0 Å². The first-order valence-corrected chi connectivity index (χ1v) is 13.3. The third-order valence-corrected chi connectivity index (χ3v) is 7.63. The number of primary amides is 1. The normalized spacial score (nSPS) is 14.5. The van der Waals surface area contributed by atoms with Gasteiger partial charge in [0.15, 0.2) is 16.9 Å². The lowest BCUT2D eigenvalue weighted by Gasteiger charge is -2.25. The predicted octanol–water partition coefficient (Wildman–Crippen LogP) is 6.44. The molecular formula is C30H27ClN4O4. The molecule has 1 unspecified atom stereocenters. The minimum absolute atomic E-state index is 0.0694. The first kappa shape index (κ1) is 25.1. The highest BCUT2D eigenvalue weighted by Crippen LogP contribution is 2.36. The first-order chi connectivity index (χ1) is 18.7. The van der Waals surface area contributed by atoms with E-state index in [1.165, 1.54) is 12.5 Å². The van der Waals surface area contributed by atoms with E-state index < -0.39 is 12.0 Å². The number of hydrogen-bond acceptors (Lipinski definition) is 6. The van der Waals surface area contributed by atoms with Crippen LogP contribution >= 0.6 is 11.6 Å². The number of halogens is 1. The van der Waals surface area contributed by atoms with Crippen molar-refractivity contribution in [3.8, 4) is 17.1 Å². The Morgan fingerprint density at radius 3 is 2.69 bits per heavy atom. The summed E-state index contributed by atoms with van der Waals surface area (Å²) in [5.74, 6) is -0.0685. The highest BCUT2D eigenvalue weighted by atomic mass is 35.5. The Bertz CT molecular complexity index is 1840. The molecule has 9 heteroatoms. The maximum absolute atomic E-state index is 13.6. The van der Waals surface area contributed by atoms with E-state index in [9.17, 15) is 9.59 Å². The largest absolute Gasteiger partial charge is 0.483 e. The number of hydrogen-bond donors (Lipinski definition) is 1. The van der Waals surface area contributed by atoms with Gasteiger partial charge in [-0.15, -0.1) is 0 Å². The average Bonchev–Trinajstić information content (AvgIpc) is 3.28. The van der Waals surface area contributed by atoms with Gasteiger partial charge in [-0.25, -0.2) is 4.98 Å². The number of aryl methyl sites for hydroxylation is 1. The van der Waals surface area contributed by atoms with Crippen LogP contribution < -0.4 is 15.9 Å². The minimum Gasteiger partial charge on any atom is -0.483 e. The maximum atomic E-state index is 13.6. The van der Waals surface area contributed by atoms with Crippen LogP contribution in [0.15, 0.2) is 57.9 Å². The van der Waals surface area contributed by atoms with Crippen molar-refractivity contribution in [1.29, 1.82) is 0 Å². The monoisotopic (exact) mass is 542 g/mol. The van der Waals surface area contributed by atoms with Gasteiger partial charge in [0.1, 0.15) is 22.6 Å². The summed E-state index contributed by atoms with van der Waals surface area (Å²) in [6.45, 7) is 5.50. The van der Waals surface area contributed by atoms with Crippen LogP contribution in [0.2, 0.25) is 5.15 Å². The predicted molar refractivity (Wildman–Crippen MR) is 150 cm³/mol. The molecule has 0 radical (unpaired) electrons. The molecule has 2 aromatic carbocycles. The molecule has 198 valence electrons.